The van der Waals surface area contributed by atoms with Crippen LogP contribution in [-0.4, -0.2) is 21.0 Å². The molecule has 0 radical (unpaired) electrons. The molecular weight excluding hydrogens is 452 g/mol. The molecule has 4 saturated carbocycles. The Bertz CT molecular complexity index is 1180. The first-order valence-electron chi connectivity index (χ1n) is 11.8. The fraction of sp³-hybridized carbons (Fsp3) is 0.423. The fourth-order valence-electron chi connectivity index (χ4n) is 7.05. The number of para-hydroxylation sites is 2. The molecule has 3 N–H and O–H groups in total. The molecule has 7 heteroatoms. The predicted octanol–water partition coefficient (Wildman–Crippen LogP) is 6.30. The lowest BCUT2D eigenvalue weighted by molar-refractivity contribution is -0.127. The van der Waals surface area contributed by atoms with Crippen molar-refractivity contribution < 1.29 is 4.79 Å². The second-order valence-electron chi connectivity index (χ2n) is 10.4. The molecule has 0 atom stereocenters. The highest BCUT2D eigenvalue weighted by atomic mass is 35.5. The van der Waals surface area contributed by atoms with Crippen molar-refractivity contribution in [2.24, 2.45) is 23.2 Å². The number of nitrogens with zero attached hydrogens (tertiary/aromatic N) is 1. The van der Waals surface area contributed by atoms with Crippen LogP contribution in [0.3, 0.4) is 0 Å². The summed E-state index contributed by atoms with van der Waals surface area (Å²) in [5, 5.41) is 6.99. The number of halogens is 1. The van der Waals surface area contributed by atoms with Gasteiger partial charge in [0.2, 0.25) is 5.91 Å². The average molecular weight is 479 g/mol. The van der Waals surface area contributed by atoms with E-state index in [1.807, 2.05) is 42.5 Å². The van der Waals surface area contributed by atoms with Crippen molar-refractivity contribution in [1.29, 1.82) is 0 Å². The summed E-state index contributed by atoms with van der Waals surface area (Å²) in [5.41, 5.74) is 3.57. The Labute approximate surface area is 203 Å². The third-order valence-electron chi connectivity index (χ3n) is 7.82. The van der Waals surface area contributed by atoms with Gasteiger partial charge in [0.05, 0.1) is 16.1 Å². The Morgan fingerprint density at radius 3 is 2.48 bits per heavy atom. The van der Waals surface area contributed by atoms with Gasteiger partial charge in [-0.2, -0.15) is 0 Å². The Morgan fingerprint density at radius 2 is 1.79 bits per heavy atom. The molecular formula is C26H27ClN4OS. The van der Waals surface area contributed by atoms with Crippen molar-refractivity contribution >= 4 is 51.6 Å². The van der Waals surface area contributed by atoms with Crippen LogP contribution in [0.1, 0.15) is 44.9 Å². The number of benzene rings is 2. The van der Waals surface area contributed by atoms with E-state index < -0.39 is 0 Å². The Kier molecular flexibility index (Phi) is 5.18. The van der Waals surface area contributed by atoms with E-state index in [0.29, 0.717) is 22.4 Å². The second kappa shape index (κ2) is 8.10. The van der Waals surface area contributed by atoms with Gasteiger partial charge in [0.15, 0.2) is 5.11 Å². The summed E-state index contributed by atoms with van der Waals surface area (Å²) in [4.78, 5) is 20.9. The van der Waals surface area contributed by atoms with E-state index in [9.17, 15) is 4.79 Å². The van der Waals surface area contributed by atoms with Gasteiger partial charge in [-0.3, -0.25) is 4.79 Å². The maximum atomic E-state index is 12.9. The largest absolute Gasteiger partial charge is 0.338 e. The van der Waals surface area contributed by atoms with Crippen LogP contribution >= 0.6 is 23.8 Å². The lowest BCUT2D eigenvalue weighted by atomic mass is 9.49. The van der Waals surface area contributed by atoms with E-state index in [4.69, 9.17) is 23.8 Å². The van der Waals surface area contributed by atoms with E-state index in [1.54, 1.807) is 0 Å². The lowest BCUT2D eigenvalue weighted by Crippen LogP contribution is -2.48. The van der Waals surface area contributed by atoms with Crippen LogP contribution < -0.4 is 10.6 Å². The smallest absolute Gasteiger partial charge is 0.226 e. The Hall–Kier alpha value is -2.44. The summed E-state index contributed by atoms with van der Waals surface area (Å²) in [5.74, 6) is 3.22. The van der Waals surface area contributed by atoms with Gasteiger partial charge >= 0.3 is 0 Å². The van der Waals surface area contributed by atoms with E-state index in [0.717, 1.165) is 40.0 Å². The van der Waals surface area contributed by atoms with Crippen molar-refractivity contribution in [3.63, 3.8) is 0 Å². The Morgan fingerprint density at radius 1 is 1.09 bits per heavy atom. The van der Waals surface area contributed by atoms with Gasteiger partial charge in [-0.25, -0.2) is 4.98 Å². The van der Waals surface area contributed by atoms with Crippen LogP contribution in [0.2, 0.25) is 5.02 Å². The highest BCUT2D eigenvalue weighted by molar-refractivity contribution is 7.80. The number of carbonyl (C=O) groups is 1. The molecule has 4 bridgehead atoms. The summed E-state index contributed by atoms with van der Waals surface area (Å²) in [7, 11) is 0. The van der Waals surface area contributed by atoms with Crippen LogP contribution in [0.4, 0.5) is 5.69 Å². The Balaban J connectivity index is 1.13. The molecule has 3 aromatic rings. The van der Waals surface area contributed by atoms with Gasteiger partial charge in [-0.15, -0.1) is 0 Å². The highest BCUT2D eigenvalue weighted by Crippen LogP contribution is 2.61. The van der Waals surface area contributed by atoms with Crippen LogP contribution in [0.25, 0.3) is 22.4 Å². The molecule has 5 nitrogen and oxygen atoms in total. The summed E-state index contributed by atoms with van der Waals surface area (Å²) in [6, 6.07) is 13.4. The van der Waals surface area contributed by atoms with Gasteiger partial charge < -0.3 is 15.6 Å². The molecule has 0 spiro atoms. The minimum Gasteiger partial charge on any atom is -0.338 e. The molecule has 4 aliphatic rings. The normalized spacial score (nSPS) is 27.6. The first kappa shape index (κ1) is 21.1. The van der Waals surface area contributed by atoms with Crippen molar-refractivity contribution in [3.05, 3.63) is 47.5 Å². The van der Waals surface area contributed by atoms with Crippen LogP contribution in [0.5, 0.6) is 0 Å². The van der Waals surface area contributed by atoms with Gasteiger partial charge in [-0.1, -0.05) is 23.7 Å². The molecule has 4 fully saturated rings. The zero-order valence-electron chi connectivity index (χ0n) is 18.4. The van der Waals surface area contributed by atoms with Gasteiger partial charge in [-0.05, 0) is 104 Å². The standard InChI is InChI=1S/C26H27ClN4OS/c27-20-6-5-18(10-19(20)24-29-21-3-1-2-4-22(21)30-24)28-25(33)31-23(32)14-26-11-15-7-16(12-26)9-17(8-15)13-26/h1-6,10,15-17H,7-9,11-14H2,(H,29,30)(H2,28,31,32,33). The number of hydrogen-bond acceptors (Lipinski definition) is 3. The van der Waals surface area contributed by atoms with Gasteiger partial charge in [0.1, 0.15) is 5.82 Å². The molecule has 4 aliphatic carbocycles. The van der Waals surface area contributed by atoms with Crippen molar-refractivity contribution in [2.75, 3.05) is 5.32 Å². The number of nitrogens with one attached hydrogen (secondary N) is 3. The summed E-state index contributed by atoms with van der Waals surface area (Å²) in [6.07, 6.45) is 8.37. The maximum absolute atomic E-state index is 12.9. The van der Waals surface area contributed by atoms with Gasteiger partial charge in [0.25, 0.3) is 0 Å². The zero-order valence-corrected chi connectivity index (χ0v) is 19.9. The second-order valence-corrected chi connectivity index (χ2v) is 11.2. The van der Waals surface area contributed by atoms with E-state index in [1.165, 1.54) is 38.5 Å². The third-order valence-corrected chi connectivity index (χ3v) is 8.36. The van der Waals surface area contributed by atoms with Crippen LogP contribution in [0.15, 0.2) is 42.5 Å². The molecule has 0 unspecified atom stereocenters. The maximum Gasteiger partial charge on any atom is 0.226 e. The topological polar surface area (TPSA) is 69.8 Å². The summed E-state index contributed by atoms with van der Waals surface area (Å²) < 4.78 is 0. The van der Waals surface area contributed by atoms with Crippen molar-refractivity contribution in [2.45, 2.75) is 44.9 Å². The average Bonchev–Trinajstić information content (AvgIpc) is 3.17. The quantitative estimate of drug-likeness (QED) is 0.385. The van der Waals surface area contributed by atoms with Crippen LogP contribution in [-0.2, 0) is 4.79 Å². The number of hydrogen-bond donors (Lipinski definition) is 3. The number of amides is 1. The number of fused-ring (bicyclic) bond motifs is 1. The number of aromatic nitrogens is 2. The first-order valence-corrected chi connectivity index (χ1v) is 12.6. The van der Waals surface area contributed by atoms with Crippen LogP contribution in [0, 0.1) is 23.2 Å². The summed E-state index contributed by atoms with van der Waals surface area (Å²) >= 11 is 11.9. The monoisotopic (exact) mass is 478 g/mol. The number of rotatable bonds is 4. The molecule has 170 valence electrons. The fourth-order valence-corrected chi connectivity index (χ4v) is 7.48. The van der Waals surface area contributed by atoms with E-state index in [2.05, 4.69) is 20.6 Å². The molecule has 1 heterocycles. The number of thiocarbonyl (C=S) groups is 1. The van der Waals surface area contributed by atoms with Crippen molar-refractivity contribution in [3.8, 4) is 11.4 Å². The molecule has 33 heavy (non-hydrogen) atoms. The number of aromatic amines is 1. The summed E-state index contributed by atoms with van der Waals surface area (Å²) in [6.45, 7) is 0. The molecule has 2 aromatic carbocycles. The lowest BCUT2D eigenvalue weighted by Gasteiger charge is -2.56. The zero-order chi connectivity index (χ0) is 22.6. The number of H-pyrrole nitrogens is 1. The minimum absolute atomic E-state index is 0.0286. The van der Waals surface area contributed by atoms with E-state index in [-0.39, 0.29) is 11.3 Å². The number of anilines is 1. The van der Waals surface area contributed by atoms with Crippen molar-refractivity contribution in [1.82, 2.24) is 15.3 Å². The van der Waals surface area contributed by atoms with Gasteiger partial charge in [0, 0.05) is 17.7 Å². The molecule has 1 aromatic heterocycles. The molecule has 7 rings (SSSR count). The molecule has 0 saturated heterocycles. The predicted molar refractivity (Wildman–Crippen MR) is 136 cm³/mol. The van der Waals surface area contributed by atoms with E-state index >= 15 is 0 Å². The third kappa shape index (κ3) is 4.15. The minimum atomic E-state index is 0.0286. The SMILES string of the molecule is O=C(CC12CC3CC(CC(C3)C1)C2)NC(=S)Nc1ccc(Cl)c(-c2nc3ccccc3[nH]2)c1. The number of carbonyl (C=O) groups excluding carboxylic acids is 1. The highest BCUT2D eigenvalue weighted by Gasteiger charge is 2.51. The number of imidazole rings is 1. The molecule has 0 aliphatic heterocycles. The first-order chi connectivity index (χ1) is 15.9. The molecule has 1 amide bonds.